The van der Waals surface area contributed by atoms with Crippen molar-refractivity contribution in [1.82, 2.24) is 5.32 Å². The number of benzene rings is 1. The Kier molecular flexibility index (Phi) is 85.7. The summed E-state index contributed by atoms with van der Waals surface area (Å²) in [6, 6.07) is 9.47. The normalized spacial score (nSPS) is 17.2. The molecule has 9 atom stereocenters. The van der Waals surface area contributed by atoms with Crippen LogP contribution in [0.4, 0.5) is 0 Å². The number of carboxylic acid groups (broad SMARTS) is 1. The van der Waals surface area contributed by atoms with Crippen LogP contribution >= 0.6 is 0 Å². The number of unbranched alkanes of at least 4 members (excludes halogenated alkanes) is 15. The molecule has 0 bridgehead atoms. The summed E-state index contributed by atoms with van der Waals surface area (Å²) in [5.74, 6) is -4.43. The summed E-state index contributed by atoms with van der Waals surface area (Å²) in [6.45, 7) is 11.5. The summed E-state index contributed by atoms with van der Waals surface area (Å²) in [5, 5.41) is 47.5. The minimum atomic E-state index is -3.11. The van der Waals surface area contributed by atoms with E-state index in [1.807, 2.05) is 30.3 Å². The molecular weight excluding hydrogens is 1040 g/mol. The number of rotatable bonds is 37. The van der Waals surface area contributed by atoms with Crippen LogP contribution in [0.3, 0.4) is 0 Å². The van der Waals surface area contributed by atoms with E-state index < -0.39 is 88.7 Å². The molecule has 2 rings (SSSR count). The van der Waals surface area contributed by atoms with Crippen molar-refractivity contribution in [1.29, 1.82) is 0 Å². The van der Waals surface area contributed by atoms with Gasteiger partial charge < -0.3 is 62.1 Å². The average Bonchev–Trinajstić information content (AvgIpc) is 3.25. The zero-order valence-electron chi connectivity index (χ0n) is 42.3. The number of ether oxygens (including phenoxy) is 4. The van der Waals surface area contributed by atoms with Crippen LogP contribution in [0.1, 0.15) is 242 Å². The van der Waals surface area contributed by atoms with Crippen molar-refractivity contribution >= 4 is 28.4 Å². The number of hydrogen-bond donors (Lipinski definition) is 5. The molecule has 1 heterocycles. The van der Waals surface area contributed by atoms with E-state index in [9.17, 15) is 34.8 Å². The van der Waals surface area contributed by atoms with E-state index in [2.05, 4.69) is 19.2 Å². The van der Waals surface area contributed by atoms with E-state index in [0.29, 0.717) is 19.4 Å². The molecule has 0 spiro atoms. The Hall–Kier alpha value is -1.03. The number of aliphatic hydroxyl groups excluding tert-OH is 3. The van der Waals surface area contributed by atoms with Gasteiger partial charge in [-0.2, -0.15) is 0 Å². The molecule has 6 N–H and O–H groups in total. The van der Waals surface area contributed by atoms with E-state index in [4.69, 9.17) is 37.3 Å². The van der Waals surface area contributed by atoms with Crippen LogP contribution in [-0.2, 0) is 50.4 Å². The molecule has 9 unspecified atom stereocenters. The first-order chi connectivity index (χ1) is 31.4. The predicted molar refractivity (Wildman–Crippen MR) is 316 cm³/mol. The number of aliphatic hydroxyl groups is 3. The molecule has 19 heteroatoms. The Bertz CT molecular complexity index is 1560. The van der Waals surface area contributed by atoms with Crippen molar-refractivity contribution in [3.63, 3.8) is 0 Å². The topological polar surface area (TPSA) is 261 Å². The Morgan fingerprint density at radius 1 is 0.731 bits per heavy atom. The summed E-state index contributed by atoms with van der Waals surface area (Å²) < 4.78 is 49.2. The minimum Gasteiger partial charge on any atom is -0.550 e. The zero-order valence-corrected chi connectivity index (χ0v) is 47.1. The van der Waals surface area contributed by atoms with Gasteiger partial charge in [-0.05, 0) is 63.4 Å². The second kappa shape index (κ2) is 63.5. The Labute approximate surface area is 527 Å². The molecule has 1 aliphatic rings. The van der Waals surface area contributed by atoms with Gasteiger partial charge >= 0.3 is 69.7 Å². The van der Waals surface area contributed by atoms with E-state index in [1.165, 1.54) is 77.0 Å². The Morgan fingerprint density at radius 2 is 1.17 bits per heavy atom. The monoisotopic (exact) mass is 1160 g/mol. The first-order valence-electron chi connectivity index (χ1n) is 24.4. The van der Waals surface area contributed by atoms with Gasteiger partial charge in [0, 0.05) is 25.1 Å². The number of aliphatic carboxylic acids is 1. The third kappa shape index (κ3) is 51.8. The molecule has 16 nitrogen and oxygen atoms in total. The third-order valence-electron chi connectivity index (χ3n) is 11.8. The summed E-state index contributed by atoms with van der Waals surface area (Å²) in [6.07, 6.45) is 12.2. The summed E-state index contributed by atoms with van der Waals surface area (Å²) in [7, 11) is -3.11. The largest absolute Gasteiger partial charge is 1.00 e. The van der Waals surface area contributed by atoms with Crippen molar-refractivity contribution in [2.45, 2.75) is 292 Å². The smallest absolute Gasteiger partial charge is 0.550 e. The minimum absolute atomic E-state index is 0. The van der Waals surface area contributed by atoms with E-state index in [1.54, 1.807) is 20.8 Å². The van der Waals surface area contributed by atoms with Crippen LogP contribution in [0.25, 0.3) is 0 Å². The molecule has 462 valence electrons. The van der Waals surface area contributed by atoms with Gasteiger partial charge in [0.2, 0.25) is 11.8 Å². The number of hydrogen-bond acceptors (Lipinski definition) is 14. The molecule has 1 aliphatic heterocycles. The van der Waals surface area contributed by atoms with Crippen LogP contribution in [-0.4, -0.2) is 114 Å². The number of aryl methyl sites for hydroxylation is 1. The summed E-state index contributed by atoms with van der Waals surface area (Å²) in [5.41, 5.74) is 5.95. The van der Waals surface area contributed by atoms with Crippen molar-refractivity contribution in [2.24, 2.45) is 17.6 Å². The van der Waals surface area contributed by atoms with Gasteiger partial charge in [0.25, 0.3) is 0 Å². The summed E-state index contributed by atoms with van der Waals surface area (Å²) >= 11 is 0. The maximum absolute atomic E-state index is 13.6. The van der Waals surface area contributed by atoms with Gasteiger partial charge in [-0.1, -0.05) is 227 Å². The molecule has 1 aromatic carbocycles. The first-order valence-corrected chi connectivity index (χ1v) is 25.4. The summed E-state index contributed by atoms with van der Waals surface area (Å²) in [4.78, 5) is 38.9. The standard InChI is InChI=1S/C49H85N2O11.10CH4.2Na.O3S/c1-6-7-8-9-10-11-12-13-14-15-16-17-18-19-20-24-32-60-48-43(54)44(42(53)40(62-48)31-33-59-36(2)35-52)61-41(45(50)55)34-39(46(56)51-49(3,4)5)30-29-38(47(57)58)28-27-37-25-22-21-23-26-37;;;;;;;;;;;;;1-4(2)3/h21-23,25-26,36,38-44,48,52-54H,3,6-20,24,27-35H2,1-2,4-5H3,(H2,50,55)(H,51,56)(H,57,58);10*1H4;;;/q-1;;;;;;;;;;;2*+1;/p-1. The Balaban J connectivity index is -0.000000263. The first kappa shape index (κ1) is 105. The number of amides is 2. The molecule has 0 saturated carbocycles. The fourth-order valence-electron chi connectivity index (χ4n) is 7.97. The molecular formula is C59H124N2Na2O14S. The van der Waals surface area contributed by atoms with Crippen LogP contribution in [0.2, 0.25) is 0 Å². The number of carboxylic acids is 1. The number of nitrogens with two attached hydrogens (primary N) is 1. The molecule has 0 aliphatic carbocycles. The zero-order chi connectivity index (χ0) is 49.3. The number of primary amides is 1. The van der Waals surface area contributed by atoms with Gasteiger partial charge in [0.05, 0.1) is 18.8 Å². The van der Waals surface area contributed by atoms with Gasteiger partial charge in [-0.15, -0.1) is 12.6 Å². The maximum atomic E-state index is 13.6. The fraction of sp³-hybridized carbons (Fsp3) is 0.831. The molecule has 1 saturated heterocycles. The fourth-order valence-corrected chi connectivity index (χ4v) is 7.97. The van der Waals surface area contributed by atoms with Gasteiger partial charge in [0.1, 0.15) is 24.4 Å². The molecule has 0 aromatic heterocycles. The SMILES string of the molecule is C.C.C.C.C.C.C.C.C.C.O=S(=O)=O.[CH2-]C(C)(C)NC(=O)C(CCC(CCc1ccccc1)C(=O)[O-])CC(OC1C(O)C(CCOC(C)CO)OC(OCCCCCCCCCCCCCCCCCC)C1O)C(N)=O.[Na+].[Na+]. The van der Waals surface area contributed by atoms with Gasteiger partial charge in [-0.3, -0.25) is 9.59 Å². The molecule has 1 fully saturated rings. The van der Waals surface area contributed by atoms with Crippen molar-refractivity contribution < 1.29 is 125 Å². The molecule has 78 heavy (non-hydrogen) atoms. The van der Waals surface area contributed by atoms with Crippen LogP contribution in [0, 0.1) is 18.8 Å². The quantitative estimate of drug-likeness (QED) is 0.0308. The van der Waals surface area contributed by atoms with Crippen LogP contribution < -0.4 is 75.3 Å². The second-order valence-corrected chi connectivity index (χ2v) is 18.9. The van der Waals surface area contributed by atoms with Crippen molar-refractivity contribution in [3.05, 3.63) is 42.8 Å². The van der Waals surface area contributed by atoms with Crippen molar-refractivity contribution in [3.8, 4) is 0 Å². The number of carbonyl (C=O) groups excluding carboxylic acids is 3. The predicted octanol–water partition coefficient (Wildman–Crippen LogP) is 5.62. The average molecular weight is 1160 g/mol. The Morgan fingerprint density at radius 3 is 1.58 bits per heavy atom. The third-order valence-corrected chi connectivity index (χ3v) is 11.8. The molecule has 2 amide bonds. The van der Waals surface area contributed by atoms with Crippen LogP contribution in [0.5, 0.6) is 0 Å². The van der Waals surface area contributed by atoms with Crippen molar-refractivity contribution in [2.75, 3.05) is 19.8 Å². The number of nitrogens with one attached hydrogen (secondary N) is 1. The van der Waals surface area contributed by atoms with Crippen LogP contribution in [0.15, 0.2) is 30.3 Å². The number of carbonyl (C=O) groups is 3. The van der Waals surface area contributed by atoms with E-state index in [0.717, 1.165) is 31.2 Å². The van der Waals surface area contributed by atoms with Gasteiger partial charge in [0.15, 0.2) is 6.29 Å². The molecule has 0 radical (unpaired) electrons. The van der Waals surface area contributed by atoms with E-state index >= 15 is 0 Å². The maximum Gasteiger partial charge on any atom is 1.00 e. The van der Waals surface area contributed by atoms with E-state index in [-0.39, 0.29) is 172 Å². The van der Waals surface area contributed by atoms with Gasteiger partial charge in [-0.25, -0.2) is 0 Å². The molecule has 1 aromatic rings. The second-order valence-electron chi connectivity index (χ2n) is 18.5.